The van der Waals surface area contributed by atoms with E-state index in [1.165, 1.54) is 0 Å². The van der Waals surface area contributed by atoms with Crippen molar-refractivity contribution in [2.45, 2.75) is 20.8 Å². The van der Waals surface area contributed by atoms with Crippen molar-refractivity contribution in [3.8, 4) is 5.75 Å². The SMILES string of the molecule is COc1cc(Cl)c(C)cc1Nc1cc(Nc2cc(C)on2)nc(C)n1. The van der Waals surface area contributed by atoms with Crippen molar-refractivity contribution >= 4 is 34.7 Å². The molecule has 0 aliphatic rings. The number of benzene rings is 1. The minimum Gasteiger partial charge on any atom is -0.495 e. The molecule has 3 rings (SSSR count). The van der Waals surface area contributed by atoms with E-state index in [0.717, 1.165) is 11.3 Å². The fourth-order valence-corrected chi connectivity index (χ4v) is 2.47. The van der Waals surface area contributed by atoms with Crippen LogP contribution in [0.1, 0.15) is 17.1 Å². The molecule has 1 aromatic carbocycles. The second-order valence-corrected chi connectivity index (χ2v) is 5.97. The lowest BCUT2D eigenvalue weighted by Crippen LogP contribution is -2.03. The van der Waals surface area contributed by atoms with Gasteiger partial charge in [-0.3, -0.25) is 0 Å². The highest BCUT2D eigenvalue weighted by atomic mass is 35.5. The van der Waals surface area contributed by atoms with Crippen LogP contribution in [0.5, 0.6) is 5.75 Å². The molecule has 0 aliphatic carbocycles. The predicted octanol–water partition coefficient (Wildman–Crippen LogP) is 4.54. The zero-order valence-electron chi connectivity index (χ0n) is 14.3. The number of nitrogens with zero attached hydrogens (tertiary/aromatic N) is 3. The van der Waals surface area contributed by atoms with E-state index in [2.05, 4.69) is 25.8 Å². The quantitative estimate of drug-likeness (QED) is 0.691. The summed E-state index contributed by atoms with van der Waals surface area (Å²) in [6.07, 6.45) is 0. The Balaban J connectivity index is 1.89. The summed E-state index contributed by atoms with van der Waals surface area (Å²) < 4.78 is 10.4. The molecule has 2 aromatic heterocycles. The number of hydrogen-bond acceptors (Lipinski definition) is 7. The van der Waals surface area contributed by atoms with E-state index in [1.54, 1.807) is 25.3 Å². The van der Waals surface area contributed by atoms with E-state index >= 15 is 0 Å². The average molecular weight is 360 g/mol. The summed E-state index contributed by atoms with van der Waals surface area (Å²) in [5.41, 5.74) is 1.71. The second-order valence-electron chi connectivity index (χ2n) is 5.56. The Hall–Kier alpha value is -2.80. The average Bonchev–Trinajstić information content (AvgIpc) is 2.95. The molecule has 0 fully saturated rings. The number of aromatic nitrogens is 3. The summed E-state index contributed by atoms with van der Waals surface area (Å²) >= 11 is 6.15. The number of anilines is 4. The van der Waals surface area contributed by atoms with Crippen LogP contribution in [0.25, 0.3) is 0 Å². The van der Waals surface area contributed by atoms with Crippen LogP contribution in [-0.2, 0) is 0 Å². The second kappa shape index (κ2) is 6.98. The third-order valence-corrected chi connectivity index (χ3v) is 3.87. The number of nitrogens with one attached hydrogen (secondary N) is 2. The minimum absolute atomic E-state index is 0.585. The number of hydrogen-bond donors (Lipinski definition) is 2. The first kappa shape index (κ1) is 17.0. The lowest BCUT2D eigenvalue weighted by Gasteiger charge is -2.13. The summed E-state index contributed by atoms with van der Waals surface area (Å²) in [6, 6.07) is 7.24. The molecule has 2 heterocycles. The molecule has 0 atom stereocenters. The summed E-state index contributed by atoms with van der Waals surface area (Å²) in [7, 11) is 1.59. The molecule has 3 aromatic rings. The predicted molar refractivity (Wildman–Crippen MR) is 97.3 cm³/mol. The largest absolute Gasteiger partial charge is 0.495 e. The van der Waals surface area contributed by atoms with Crippen molar-refractivity contribution in [1.29, 1.82) is 0 Å². The van der Waals surface area contributed by atoms with Gasteiger partial charge in [0.2, 0.25) is 0 Å². The summed E-state index contributed by atoms with van der Waals surface area (Å²) in [6.45, 7) is 5.57. The minimum atomic E-state index is 0.585. The Labute approximate surface area is 150 Å². The van der Waals surface area contributed by atoms with E-state index in [1.807, 2.05) is 26.8 Å². The molecule has 0 amide bonds. The summed E-state index contributed by atoms with van der Waals surface area (Å²) in [5, 5.41) is 10.9. The van der Waals surface area contributed by atoms with E-state index in [-0.39, 0.29) is 0 Å². The van der Waals surface area contributed by atoms with Crippen molar-refractivity contribution in [3.05, 3.63) is 46.4 Å². The highest BCUT2D eigenvalue weighted by Gasteiger charge is 2.10. The molecule has 8 heteroatoms. The molecular weight excluding hydrogens is 342 g/mol. The first-order chi connectivity index (χ1) is 11.9. The van der Waals surface area contributed by atoms with Crippen molar-refractivity contribution in [3.63, 3.8) is 0 Å². The third-order valence-electron chi connectivity index (χ3n) is 3.47. The highest BCUT2D eigenvalue weighted by molar-refractivity contribution is 6.31. The smallest absolute Gasteiger partial charge is 0.175 e. The maximum absolute atomic E-state index is 6.15. The maximum atomic E-state index is 6.15. The molecule has 0 aliphatic heterocycles. The molecule has 0 spiro atoms. The van der Waals surface area contributed by atoms with Gasteiger partial charge < -0.3 is 19.9 Å². The van der Waals surface area contributed by atoms with Crippen LogP contribution in [-0.4, -0.2) is 22.2 Å². The molecule has 2 N–H and O–H groups in total. The first-order valence-corrected chi connectivity index (χ1v) is 7.99. The van der Waals surface area contributed by atoms with Crippen LogP contribution in [0, 0.1) is 20.8 Å². The van der Waals surface area contributed by atoms with Gasteiger partial charge in [-0.2, -0.15) is 0 Å². The molecule has 25 heavy (non-hydrogen) atoms. The number of halogens is 1. The zero-order valence-corrected chi connectivity index (χ0v) is 15.1. The fraction of sp³-hybridized carbons (Fsp3) is 0.235. The number of methoxy groups -OCH3 is 1. The molecular formula is C17H18ClN5O2. The van der Waals surface area contributed by atoms with Crippen LogP contribution in [0.4, 0.5) is 23.1 Å². The Kier molecular flexibility index (Phi) is 4.76. The van der Waals surface area contributed by atoms with Gasteiger partial charge in [0.1, 0.15) is 29.0 Å². The van der Waals surface area contributed by atoms with Gasteiger partial charge in [0.25, 0.3) is 0 Å². The maximum Gasteiger partial charge on any atom is 0.175 e. The third kappa shape index (κ3) is 4.00. The standard InChI is InChI=1S/C17H18ClN5O2/c1-9-5-13(14(24-4)7-12(9)18)21-15-8-16(20-11(3)19-15)22-17-6-10(2)25-23-17/h5-8H,1-4H3,(H2,19,20,21,22,23). The zero-order chi connectivity index (χ0) is 18.0. The fourth-order valence-electron chi connectivity index (χ4n) is 2.32. The van der Waals surface area contributed by atoms with Gasteiger partial charge >= 0.3 is 0 Å². The molecule has 0 saturated heterocycles. The van der Waals surface area contributed by atoms with E-state index < -0.39 is 0 Å². The normalized spacial score (nSPS) is 10.6. The van der Waals surface area contributed by atoms with Crippen molar-refractivity contribution in [2.75, 3.05) is 17.7 Å². The lowest BCUT2D eigenvalue weighted by molar-refractivity contribution is 0.400. The monoisotopic (exact) mass is 359 g/mol. The highest BCUT2D eigenvalue weighted by Crippen LogP contribution is 2.33. The van der Waals surface area contributed by atoms with Crippen LogP contribution in [0.3, 0.4) is 0 Å². The van der Waals surface area contributed by atoms with E-state index in [0.29, 0.717) is 39.8 Å². The Morgan fingerprint density at radius 3 is 2.32 bits per heavy atom. The first-order valence-electron chi connectivity index (χ1n) is 7.62. The van der Waals surface area contributed by atoms with Gasteiger partial charge in [0.15, 0.2) is 5.82 Å². The van der Waals surface area contributed by atoms with Crippen molar-refractivity contribution in [2.24, 2.45) is 0 Å². The summed E-state index contributed by atoms with van der Waals surface area (Å²) in [4.78, 5) is 8.77. The number of aryl methyl sites for hydroxylation is 3. The van der Waals surface area contributed by atoms with E-state index in [4.69, 9.17) is 20.9 Å². The van der Waals surface area contributed by atoms with Crippen LogP contribution >= 0.6 is 11.6 Å². The van der Waals surface area contributed by atoms with Crippen molar-refractivity contribution in [1.82, 2.24) is 15.1 Å². The molecule has 7 nitrogen and oxygen atoms in total. The molecule has 0 radical (unpaired) electrons. The Morgan fingerprint density at radius 1 is 0.960 bits per heavy atom. The molecule has 130 valence electrons. The topological polar surface area (TPSA) is 85.1 Å². The van der Waals surface area contributed by atoms with Crippen LogP contribution < -0.4 is 15.4 Å². The number of ether oxygens (including phenoxy) is 1. The van der Waals surface area contributed by atoms with Crippen LogP contribution in [0.15, 0.2) is 28.8 Å². The van der Waals surface area contributed by atoms with E-state index in [9.17, 15) is 0 Å². The van der Waals surface area contributed by atoms with Gasteiger partial charge in [-0.15, -0.1) is 0 Å². The summed E-state index contributed by atoms with van der Waals surface area (Å²) in [5.74, 6) is 3.77. The van der Waals surface area contributed by atoms with Crippen molar-refractivity contribution < 1.29 is 9.26 Å². The van der Waals surface area contributed by atoms with Crippen LogP contribution in [0.2, 0.25) is 5.02 Å². The number of rotatable bonds is 5. The Bertz CT molecular complexity index is 910. The van der Waals surface area contributed by atoms with Gasteiger partial charge in [-0.25, -0.2) is 9.97 Å². The molecule has 0 bridgehead atoms. The van der Waals surface area contributed by atoms with Gasteiger partial charge in [-0.1, -0.05) is 16.8 Å². The molecule has 0 saturated carbocycles. The van der Waals surface area contributed by atoms with Gasteiger partial charge in [-0.05, 0) is 32.4 Å². The Morgan fingerprint density at radius 2 is 1.68 bits per heavy atom. The molecule has 0 unspecified atom stereocenters. The van der Waals surface area contributed by atoms with Gasteiger partial charge in [0.05, 0.1) is 12.8 Å². The lowest BCUT2D eigenvalue weighted by atomic mass is 10.2. The van der Waals surface area contributed by atoms with Gasteiger partial charge in [0, 0.05) is 23.2 Å².